The van der Waals surface area contributed by atoms with Crippen LogP contribution in [0.5, 0.6) is 0 Å². The van der Waals surface area contributed by atoms with Gasteiger partial charge in [0, 0.05) is 17.5 Å². The van der Waals surface area contributed by atoms with Crippen LogP contribution in [0.2, 0.25) is 0 Å². The molecule has 0 unspecified atom stereocenters. The second kappa shape index (κ2) is 5.70. The molecule has 1 aromatic carbocycles. The highest BCUT2D eigenvalue weighted by Crippen LogP contribution is 2.16. The van der Waals surface area contributed by atoms with E-state index < -0.39 is 21.7 Å². The molecule has 0 aromatic heterocycles. The van der Waals surface area contributed by atoms with Crippen LogP contribution in [0.15, 0.2) is 23.1 Å². The molecule has 0 aliphatic rings. The summed E-state index contributed by atoms with van der Waals surface area (Å²) in [6.45, 7) is -0.307. The van der Waals surface area contributed by atoms with E-state index >= 15 is 0 Å². The standard InChI is InChI=1S/C11H14N2O5S/c1-18-10(14)6-13-11(15)7-3-8(12)5-9(4-7)19(2,16)17/h3-5H,6,12H2,1-2H3,(H,13,15). The van der Waals surface area contributed by atoms with Crippen LogP contribution in [-0.4, -0.2) is 40.2 Å². The third-order valence-corrected chi connectivity index (χ3v) is 3.33. The average molecular weight is 286 g/mol. The number of ether oxygens (including phenoxy) is 1. The maximum atomic E-state index is 11.7. The van der Waals surface area contributed by atoms with Gasteiger partial charge in [0.25, 0.3) is 5.91 Å². The van der Waals surface area contributed by atoms with Crippen LogP contribution in [0, 0.1) is 0 Å². The van der Waals surface area contributed by atoms with Crippen molar-refractivity contribution < 1.29 is 22.7 Å². The van der Waals surface area contributed by atoms with Crippen LogP contribution < -0.4 is 11.1 Å². The molecular weight excluding hydrogens is 272 g/mol. The molecule has 1 aromatic rings. The number of carbonyl (C=O) groups excluding carboxylic acids is 2. The van der Waals surface area contributed by atoms with Crippen molar-refractivity contribution in [1.29, 1.82) is 0 Å². The molecule has 0 saturated heterocycles. The molecule has 0 atom stereocenters. The van der Waals surface area contributed by atoms with E-state index in [9.17, 15) is 18.0 Å². The third-order valence-electron chi connectivity index (χ3n) is 2.24. The van der Waals surface area contributed by atoms with Gasteiger partial charge < -0.3 is 15.8 Å². The molecule has 1 rings (SSSR count). The number of amides is 1. The highest BCUT2D eigenvalue weighted by atomic mass is 32.2. The molecule has 7 nitrogen and oxygen atoms in total. The maximum absolute atomic E-state index is 11.7. The van der Waals surface area contributed by atoms with E-state index in [1.165, 1.54) is 25.3 Å². The van der Waals surface area contributed by atoms with Gasteiger partial charge in [-0.3, -0.25) is 9.59 Å². The number of sulfone groups is 1. The topological polar surface area (TPSA) is 116 Å². The molecule has 0 aliphatic carbocycles. The Bertz CT molecular complexity index is 610. The summed E-state index contributed by atoms with van der Waals surface area (Å²) in [5, 5.41) is 2.29. The summed E-state index contributed by atoms with van der Waals surface area (Å²) in [5.41, 5.74) is 5.74. The minimum Gasteiger partial charge on any atom is -0.468 e. The Labute approximate surface area is 110 Å². The van der Waals surface area contributed by atoms with Crippen LogP contribution in [0.1, 0.15) is 10.4 Å². The van der Waals surface area contributed by atoms with Crippen LogP contribution in [0.4, 0.5) is 5.69 Å². The second-order valence-corrected chi connectivity index (χ2v) is 5.84. The molecule has 0 fully saturated rings. The molecular formula is C11H14N2O5S. The van der Waals surface area contributed by atoms with Crippen molar-refractivity contribution >= 4 is 27.4 Å². The van der Waals surface area contributed by atoms with Gasteiger partial charge in [0.15, 0.2) is 9.84 Å². The molecule has 19 heavy (non-hydrogen) atoms. The summed E-state index contributed by atoms with van der Waals surface area (Å²) in [5.74, 6) is -1.22. The molecule has 0 spiro atoms. The van der Waals surface area contributed by atoms with Crippen molar-refractivity contribution in [2.24, 2.45) is 0 Å². The lowest BCUT2D eigenvalue weighted by Crippen LogP contribution is -2.30. The van der Waals surface area contributed by atoms with Crippen LogP contribution >= 0.6 is 0 Å². The first-order valence-electron chi connectivity index (χ1n) is 5.19. The number of methoxy groups -OCH3 is 1. The Hall–Kier alpha value is -2.09. The first kappa shape index (κ1) is 15.0. The SMILES string of the molecule is COC(=O)CNC(=O)c1cc(N)cc(S(C)(=O)=O)c1. The van der Waals surface area contributed by atoms with E-state index in [1.807, 2.05) is 0 Å². The number of carbonyl (C=O) groups is 2. The Kier molecular flexibility index (Phi) is 4.49. The van der Waals surface area contributed by atoms with E-state index in [0.29, 0.717) is 0 Å². The zero-order chi connectivity index (χ0) is 14.6. The van der Waals surface area contributed by atoms with Gasteiger partial charge in [-0.1, -0.05) is 0 Å². The first-order valence-corrected chi connectivity index (χ1v) is 7.09. The van der Waals surface area contributed by atoms with Gasteiger partial charge in [0.1, 0.15) is 6.54 Å². The van der Waals surface area contributed by atoms with Crippen molar-refractivity contribution in [2.45, 2.75) is 4.90 Å². The quantitative estimate of drug-likeness (QED) is 0.573. The van der Waals surface area contributed by atoms with Crippen molar-refractivity contribution in [3.05, 3.63) is 23.8 Å². The molecule has 104 valence electrons. The zero-order valence-corrected chi connectivity index (χ0v) is 11.3. The lowest BCUT2D eigenvalue weighted by Gasteiger charge is -2.07. The molecule has 0 radical (unpaired) electrons. The Balaban J connectivity index is 2.98. The van der Waals surface area contributed by atoms with Gasteiger partial charge in [-0.05, 0) is 18.2 Å². The number of rotatable bonds is 4. The van der Waals surface area contributed by atoms with Gasteiger partial charge in [0.2, 0.25) is 0 Å². The number of hydrogen-bond acceptors (Lipinski definition) is 6. The van der Waals surface area contributed by atoms with Gasteiger partial charge in [-0.2, -0.15) is 0 Å². The Morgan fingerprint density at radius 3 is 2.47 bits per heavy atom. The average Bonchev–Trinajstić information content (AvgIpc) is 2.33. The summed E-state index contributed by atoms with van der Waals surface area (Å²) >= 11 is 0. The highest BCUT2D eigenvalue weighted by molar-refractivity contribution is 7.90. The lowest BCUT2D eigenvalue weighted by atomic mass is 10.2. The molecule has 3 N–H and O–H groups in total. The predicted octanol–water partition coefficient (Wildman–Crippen LogP) is -0.425. The fourth-order valence-corrected chi connectivity index (χ4v) is 1.99. The minimum absolute atomic E-state index is 0.0595. The van der Waals surface area contributed by atoms with E-state index in [1.54, 1.807) is 0 Å². The smallest absolute Gasteiger partial charge is 0.325 e. The number of nitrogen functional groups attached to an aromatic ring is 1. The molecule has 0 bridgehead atoms. The van der Waals surface area contributed by atoms with Crippen LogP contribution in [0.3, 0.4) is 0 Å². The summed E-state index contributed by atoms with van der Waals surface area (Å²) in [6.07, 6.45) is 1.01. The number of benzene rings is 1. The fourth-order valence-electron chi connectivity index (χ4n) is 1.29. The minimum atomic E-state index is -3.47. The summed E-state index contributed by atoms with van der Waals surface area (Å²) < 4.78 is 27.2. The number of nitrogens with two attached hydrogens (primary N) is 1. The van der Waals surface area contributed by atoms with Gasteiger partial charge in [0.05, 0.1) is 12.0 Å². The second-order valence-electron chi connectivity index (χ2n) is 3.82. The van der Waals surface area contributed by atoms with E-state index in [-0.39, 0.29) is 22.7 Å². The van der Waals surface area contributed by atoms with E-state index in [2.05, 4.69) is 10.1 Å². The predicted molar refractivity (Wildman–Crippen MR) is 68.3 cm³/mol. The summed E-state index contributed by atoms with van der Waals surface area (Å²) in [4.78, 5) is 22.6. The number of hydrogen-bond donors (Lipinski definition) is 2. The number of nitrogens with one attached hydrogen (secondary N) is 1. The van der Waals surface area contributed by atoms with Gasteiger partial charge in [-0.25, -0.2) is 8.42 Å². The molecule has 0 heterocycles. The summed E-state index contributed by atoms with van der Waals surface area (Å²) in [7, 11) is -2.28. The van der Waals surface area contributed by atoms with Crippen molar-refractivity contribution in [2.75, 3.05) is 25.6 Å². The maximum Gasteiger partial charge on any atom is 0.325 e. The van der Waals surface area contributed by atoms with Crippen molar-refractivity contribution in [3.8, 4) is 0 Å². The number of anilines is 1. The fraction of sp³-hybridized carbons (Fsp3) is 0.273. The monoisotopic (exact) mass is 286 g/mol. The lowest BCUT2D eigenvalue weighted by molar-refractivity contribution is -0.139. The first-order chi connectivity index (χ1) is 8.74. The van der Waals surface area contributed by atoms with Crippen molar-refractivity contribution in [1.82, 2.24) is 5.32 Å². The van der Waals surface area contributed by atoms with Crippen LogP contribution in [0.25, 0.3) is 0 Å². The molecule has 0 saturated carbocycles. The molecule has 0 aliphatic heterocycles. The summed E-state index contributed by atoms with van der Waals surface area (Å²) in [6, 6.07) is 3.77. The number of esters is 1. The Morgan fingerprint density at radius 2 is 1.95 bits per heavy atom. The van der Waals surface area contributed by atoms with Gasteiger partial charge in [-0.15, -0.1) is 0 Å². The van der Waals surface area contributed by atoms with E-state index in [4.69, 9.17) is 5.73 Å². The van der Waals surface area contributed by atoms with E-state index in [0.717, 1.165) is 6.26 Å². The van der Waals surface area contributed by atoms with Crippen molar-refractivity contribution in [3.63, 3.8) is 0 Å². The molecule has 1 amide bonds. The Morgan fingerprint density at radius 1 is 1.32 bits per heavy atom. The van der Waals surface area contributed by atoms with Crippen LogP contribution in [-0.2, 0) is 19.4 Å². The third kappa shape index (κ3) is 4.25. The molecule has 8 heteroatoms. The highest BCUT2D eigenvalue weighted by Gasteiger charge is 2.14. The normalized spacial score (nSPS) is 10.8. The van der Waals surface area contributed by atoms with Gasteiger partial charge >= 0.3 is 5.97 Å². The largest absolute Gasteiger partial charge is 0.468 e. The zero-order valence-electron chi connectivity index (χ0n) is 10.5.